The summed E-state index contributed by atoms with van der Waals surface area (Å²) in [7, 11) is 1.65. The second-order valence-corrected chi connectivity index (χ2v) is 6.71. The first-order valence-corrected chi connectivity index (χ1v) is 9.70. The quantitative estimate of drug-likeness (QED) is 0.601. The fourth-order valence-electron chi connectivity index (χ4n) is 3.06. The number of amides is 1. The molecule has 2 N–H and O–H groups in total. The van der Waals surface area contributed by atoms with Gasteiger partial charge in [-0.2, -0.15) is 0 Å². The number of aryl methyl sites for hydroxylation is 2. The number of benzene rings is 2. The van der Waals surface area contributed by atoms with Gasteiger partial charge in [0.15, 0.2) is 0 Å². The molecule has 0 aliphatic heterocycles. The van der Waals surface area contributed by atoms with Crippen LogP contribution >= 0.6 is 0 Å². The van der Waals surface area contributed by atoms with Gasteiger partial charge in [-0.3, -0.25) is 4.79 Å². The van der Waals surface area contributed by atoms with Crippen molar-refractivity contribution in [1.82, 2.24) is 9.97 Å². The average Bonchev–Trinajstić information content (AvgIpc) is 2.75. The fraction of sp³-hybridized carbons (Fsp3) is 0.261. The van der Waals surface area contributed by atoms with Gasteiger partial charge >= 0.3 is 0 Å². The first-order valence-electron chi connectivity index (χ1n) is 9.70. The molecule has 0 spiro atoms. The van der Waals surface area contributed by atoms with Gasteiger partial charge in [-0.05, 0) is 54.7 Å². The smallest absolute Gasteiger partial charge is 0.274 e. The van der Waals surface area contributed by atoms with E-state index in [1.165, 1.54) is 5.56 Å². The fourth-order valence-corrected chi connectivity index (χ4v) is 3.06. The molecule has 0 bridgehead atoms. The Balaban J connectivity index is 1.62. The Labute approximate surface area is 171 Å². The molecule has 0 aliphatic rings. The molecule has 2 aromatic carbocycles. The maximum atomic E-state index is 12.7. The highest BCUT2D eigenvalue weighted by atomic mass is 16.5. The number of methoxy groups -OCH3 is 1. The molecule has 0 atom stereocenters. The minimum Gasteiger partial charge on any atom is -0.497 e. The number of carbonyl (C=O) groups excluding carboxylic acids is 1. The second-order valence-electron chi connectivity index (χ2n) is 6.71. The van der Waals surface area contributed by atoms with Crippen molar-refractivity contribution in [3.63, 3.8) is 0 Å². The maximum Gasteiger partial charge on any atom is 0.274 e. The molecule has 1 amide bonds. The Hall–Kier alpha value is -3.41. The van der Waals surface area contributed by atoms with Crippen LogP contribution in [0.4, 0.5) is 11.6 Å². The van der Waals surface area contributed by atoms with Crippen molar-refractivity contribution >= 4 is 17.5 Å². The van der Waals surface area contributed by atoms with Gasteiger partial charge in [-0.15, -0.1) is 0 Å². The van der Waals surface area contributed by atoms with Gasteiger partial charge in [0.25, 0.3) is 5.91 Å². The molecule has 6 heteroatoms. The number of hydrogen-bond donors (Lipinski definition) is 2. The van der Waals surface area contributed by atoms with Gasteiger partial charge in [0, 0.05) is 18.4 Å². The Bertz CT molecular complexity index is 971. The van der Waals surface area contributed by atoms with Crippen LogP contribution in [0.25, 0.3) is 0 Å². The van der Waals surface area contributed by atoms with Crippen molar-refractivity contribution in [2.45, 2.75) is 26.7 Å². The van der Waals surface area contributed by atoms with Crippen molar-refractivity contribution in [1.29, 1.82) is 0 Å². The number of carbonyl (C=O) groups is 1. The molecule has 1 aromatic heterocycles. The van der Waals surface area contributed by atoms with Crippen LogP contribution in [-0.4, -0.2) is 29.5 Å². The normalized spacial score (nSPS) is 10.4. The summed E-state index contributed by atoms with van der Waals surface area (Å²) in [6, 6.07) is 15.6. The van der Waals surface area contributed by atoms with Crippen LogP contribution in [0.2, 0.25) is 0 Å². The van der Waals surface area contributed by atoms with E-state index in [4.69, 9.17) is 4.74 Å². The van der Waals surface area contributed by atoms with Gasteiger partial charge in [-0.25, -0.2) is 9.97 Å². The maximum absolute atomic E-state index is 12.7. The van der Waals surface area contributed by atoms with E-state index in [2.05, 4.69) is 27.5 Å². The number of ether oxygens (including phenoxy) is 1. The lowest BCUT2D eigenvalue weighted by atomic mass is 10.1. The summed E-state index contributed by atoms with van der Waals surface area (Å²) in [4.78, 5) is 21.3. The minimum atomic E-state index is -0.241. The molecule has 3 rings (SSSR count). The SMILES string of the molecule is CCc1cccc(C)c1NC(=O)c1ccnc(NCCc2ccc(OC)cc2)n1. The molecule has 3 aromatic rings. The van der Waals surface area contributed by atoms with Crippen LogP contribution in [0, 0.1) is 6.92 Å². The lowest BCUT2D eigenvalue weighted by Crippen LogP contribution is -2.17. The highest BCUT2D eigenvalue weighted by Crippen LogP contribution is 2.21. The molecule has 0 radical (unpaired) electrons. The summed E-state index contributed by atoms with van der Waals surface area (Å²) in [5.74, 6) is 1.03. The van der Waals surface area contributed by atoms with E-state index >= 15 is 0 Å². The van der Waals surface area contributed by atoms with Crippen molar-refractivity contribution < 1.29 is 9.53 Å². The minimum absolute atomic E-state index is 0.241. The van der Waals surface area contributed by atoms with Gasteiger partial charge in [0.05, 0.1) is 7.11 Å². The molecule has 0 saturated carbocycles. The Morgan fingerprint density at radius 1 is 1.10 bits per heavy atom. The van der Waals surface area contributed by atoms with Crippen molar-refractivity contribution in [3.05, 3.63) is 77.1 Å². The highest BCUT2D eigenvalue weighted by Gasteiger charge is 2.12. The second kappa shape index (κ2) is 9.68. The van der Waals surface area contributed by atoms with Gasteiger partial charge in [0.2, 0.25) is 5.95 Å². The summed E-state index contributed by atoms with van der Waals surface area (Å²) >= 11 is 0. The third kappa shape index (κ3) is 5.31. The Morgan fingerprint density at radius 3 is 2.62 bits per heavy atom. The lowest BCUT2D eigenvalue weighted by molar-refractivity contribution is 0.102. The first kappa shape index (κ1) is 20.3. The van der Waals surface area contributed by atoms with Crippen LogP contribution < -0.4 is 15.4 Å². The summed E-state index contributed by atoms with van der Waals surface area (Å²) in [6.45, 7) is 4.72. The molecule has 0 fully saturated rings. The molecule has 6 nitrogen and oxygen atoms in total. The Morgan fingerprint density at radius 2 is 1.90 bits per heavy atom. The highest BCUT2D eigenvalue weighted by molar-refractivity contribution is 6.03. The van der Waals surface area contributed by atoms with E-state index in [-0.39, 0.29) is 5.91 Å². The topological polar surface area (TPSA) is 76.1 Å². The summed E-state index contributed by atoms with van der Waals surface area (Å²) in [6.07, 6.45) is 3.25. The van der Waals surface area contributed by atoms with Crippen molar-refractivity contribution in [2.24, 2.45) is 0 Å². The number of nitrogens with zero attached hydrogens (tertiary/aromatic N) is 2. The molecule has 150 valence electrons. The summed E-state index contributed by atoms with van der Waals surface area (Å²) in [5.41, 5.74) is 4.50. The Kier molecular flexibility index (Phi) is 6.79. The first-order chi connectivity index (χ1) is 14.1. The average molecular weight is 390 g/mol. The van der Waals surface area contributed by atoms with Crippen LogP contribution in [0.15, 0.2) is 54.7 Å². The predicted octanol–water partition coefficient (Wildman–Crippen LogP) is 4.26. The van der Waals surface area contributed by atoms with E-state index in [1.807, 2.05) is 49.4 Å². The molecule has 0 saturated heterocycles. The number of rotatable bonds is 8. The molecule has 29 heavy (non-hydrogen) atoms. The van der Waals surface area contributed by atoms with Crippen LogP contribution in [0.3, 0.4) is 0 Å². The summed E-state index contributed by atoms with van der Waals surface area (Å²) < 4.78 is 5.17. The van der Waals surface area contributed by atoms with Gasteiger partial charge in [0.1, 0.15) is 11.4 Å². The number of nitrogens with one attached hydrogen (secondary N) is 2. The van der Waals surface area contributed by atoms with Gasteiger partial charge in [-0.1, -0.05) is 37.3 Å². The number of anilines is 2. The zero-order valence-electron chi connectivity index (χ0n) is 17.0. The monoisotopic (exact) mass is 390 g/mol. The standard InChI is InChI=1S/C23H26N4O2/c1-4-18-7-5-6-16(2)21(18)27-22(28)20-13-15-25-23(26-20)24-14-12-17-8-10-19(29-3)11-9-17/h5-11,13,15H,4,12,14H2,1-3H3,(H,27,28)(H,24,25,26). The van der Waals surface area contributed by atoms with Crippen LogP contribution in [0.5, 0.6) is 5.75 Å². The zero-order valence-corrected chi connectivity index (χ0v) is 17.0. The lowest BCUT2D eigenvalue weighted by Gasteiger charge is -2.13. The molecular weight excluding hydrogens is 364 g/mol. The number of para-hydroxylation sites is 1. The third-order valence-corrected chi connectivity index (χ3v) is 4.72. The molecular formula is C23H26N4O2. The molecule has 0 aliphatic carbocycles. The van der Waals surface area contributed by atoms with E-state index in [1.54, 1.807) is 19.4 Å². The number of hydrogen-bond acceptors (Lipinski definition) is 5. The molecule has 1 heterocycles. The van der Waals surface area contributed by atoms with E-state index in [0.717, 1.165) is 35.4 Å². The number of aromatic nitrogens is 2. The predicted molar refractivity (Wildman–Crippen MR) is 116 cm³/mol. The largest absolute Gasteiger partial charge is 0.497 e. The molecule has 0 unspecified atom stereocenters. The van der Waals surface area contributed by atoms with E-state index in [9.17, 15) is 4.79 Å². The summed E-state index contributed by atoms with van der Waals surface area (Å²) in [5, 5.41) is 6.18. The van der Waals surface area contributed by atoms with Crippen LogP contribution in [-0.2, 0) is 12.8 Å². The van der Waals surface area contributed by atoms with E-state index < -0.39 is 0 Å². The third-order valence-electron chi connectivity index (χ3n) is 4.72. The zero-order chi connectivity index (χ0) is 20.6. The van der Waals surface area contributed by atoms with E-state index in [0.29, 0.717) is 18.2 Å². The van der Waals surface area contributed by atoms with Gasteiger partial charge < -0.3 is 15.4 Å². The van der Waals surface area contributed by atoms with Crippen molar-refractivity contribution in [2.75, 3.05) is 24.3 Å². The van der Waals surface area contributed by atoms with Crippen molar-refractivity contribution in [3.8, 4) is 5.75 Å². The van der Waals surface area contributed by atoms with Crippen LogP contribution in [0.1, 0.15) is 34.1 Å².